The quantitative estimate of drug-likeness (QED) is 0.899. The zero-order chi connectivity index (χ0) is 14.7. The fourth-order valence-electron chi connectivity index (χ4n) is 3.45. The van der Waals surface area contributed by atoms with Crippen molar-refractivity contribution >= 4 is 11.6 Å². The van der Waals surface area contributed by atoms with Gasteiger partial charge in [-0.25, -0.2) is 0 Å². The second-order valence-electron chi connectivity index (χ2n) is 6.02. The van der Waals surface area contributed by atoms with Gasteiger partial charge in [0.05, 0.1) is 0 Å². The predicted molar refractivity (Wildman–Crippen MR) is 87.3 cm³/mol. The van der Waals surface area contributed by atoms with Gasteiger partial charge in [-0.2, -0.15) is 0 Å². The van der Waals surface area contributed by atoms with E-state index in [2.05, 4.69) is 50.0 Å². The molecular formula is C17H27ClN2. The van der Waals surface area contributed by atoms with Crippen molar-refractivity contribution < 1.29 is 0 Å². The van der Waals surface area contributed by atoms with Crippen LogP contribution in [0.4, 0.5) is 0 Å². The first-order valence-corrected chi connectivity index (χ1v) is 8.17. The van der Waals surface area contributed by atoms with Gasteiger partial charge in [0.1, 0.15) is 0 Å². The average molecular weight is 295 g/mol. The topological polar surface area (TPSA) is 15.3 Å². The summed E-state index contributed by atoms with van der Waals surface area (Å²) in [6.07, 6.45) is 1.23. The van der Waals surface area contributed by atoms with E-state index in [9.17, 15) is 0 Å². The lowest BCUT2D eigenvalue weighted by Crippen LogP contribution is -2.53. The Bertz CT molecular complexity index is 435. The molecular weight excluding hydrogens is 268 g/mol. The third-order valence-corrected chi connectivity index (χ3v) is 5.15. The minimum absolute atomic E-state index is 0.425. The molecule has 0 spiro atoms. The number of hydrogen-bond donors (Lipinski definition) is 1. The molecule has 2 rings (SSSR count). The minimum atomic E-state index is 0.425. The van der Waals surface area contributed by atoms with Gasteiger partial charge in [-0.15, -0.1) is 0 Å². The normalized spacial score (nSPS) is 29.4. The van der Waals surface area contributed by atoms with Crippen LogP contribution in [-0.2, 0) is 0 Å². The summed E-state index contributed by atoms with van der Waals surface area (Å²) in [5.41, 5.74) is 1.32. The molecule has 0 aromatic heterocycles. The fourth-order valence-corrected chi connectivity index (χ4v) is 3.65. The highest BCUT2D eigenvalue weighted by Crippen LogP contribution is 2.32. The van der Waals surface area contributed by atoms with Gasteiger partial charge in [-0.1, -0.05) is 37.6 Å². The summed E-state index contributed by atoms with van der Waals surface area (Å²) in [4.78, 5) is 2.62. The number of benzene rings is 1. The first-order valence-electron chi connectivity index (χ1n) is 7.79. The Hall–Kier alpha value is -0.570. The first-order chi connectivity index (χ1) is 9.54. The van der Waals surface area contributed by atoms with Crippen LogP contribution in [-0.4, -0.2) is 30.1 Å². The van der Waals surface area contributed by atoms with Crippen molar-refractivity contribution in [3.63, 3.8) is 0 Å². The van der Waals surface area contributed by atoms with E-state index in [0.717, 1.165) is 18.1 Å². The summed E-state index contributed by atoms with van der Waals surface area (Å²) in [5, 5.41) is 4.46. The molecule has 1 aliphatic rings. The second-order valence-corrected chi connectivity index (χ2v) is 6.46. The molecule has 1 N–H and O–H groups in total. The standard InChI is InChI=1S/C17H27ClN2/c1-5-19-17-9-10-20(13(3)12(17)2)14(4)15-7-6-8-16(18)11-15/h6-8,11-14,17,19H,5,9-10H2,1-4H3. The average Bonchev–Trinajstić information content (AvgIpc) is 2.44. The Labute approximate surface area is 128 Å². The molecule has 1 aliphatic heterocycles. The molecule has 1 saturated heterocycles. The van der Waals surface area contributed by atoms with Gasteiger partial charge in [0.25, 0.3) is 0 Å². The maximum atomic E-state index is 6.13. The Kier molecular flexibility index (Phi) is 5.48. The number of nitrogens with one attached hydrogen (secondary N) is 1. The summed E-state index contributed by atoms with van der Waals surface area (Å²) < 4.78 is 0. The van der Waals surface area contributed by atoms with Gasteiger partial charge >= 0.3 is 0 Å². The van der Waals surface area contributed by atoms with Gasteiger partial charge in [-0.3, -0.25) is 4.90 Å². The van der Waals surface area contributed by atoms with E-state index in [-0.39, 0.29) is 0 Å². The van der Waals surface area contributed by atoms with Crippen molar-refractivity contribution in [3.8, 4) is 0 Å². The molecule has 1 aromatic rings. The number of hydrogen-bond acceptors (Lipinski definition) is 2. The molecule has 1 aromatic carbocycles. The Morgan fingerprint density at radius 1 is 1.40 bits per heavy atom. The maximum Gasteiger partial charge on any atom is 0.0409 e. The molecule has 0 bridgehead atoms. The van der Waals surface area contributed by atoms with Crippen LogP contribution in [0.25, 0.3) is 0 Å². The highest BCUT2D eigenvalue weighted by atomic mass is 35.5. The monoisotopic (exact) mass is 294 g/mol. The van der Waals surface area contributed by atoms with Gasteiger partial charge in [0, 0.05) is 29.7 Å². The van der Waals surface area contributed by atoms with Crippen molar-refractivity contribution in [2.75, 3.05) is 13.1 Å². The van der Waals surface area contributed by atoms with Crippen LogP contribution < -0.4 is 5.32 Å². The lowest BCUT2D eigenvalue weighted by molar-refractivity contribution is 0.0529. The summed E-state index contributed by atoms with van der Waals surface area (Å²) in [7, 11) is 0. The second kappa shape index (κ2) is 6.93. The van der Waals surface area contributed by atoms with Crippen LogP contribution in [0.1, 0.15) is 45.7 Å². The smallest absolute Gasteiger partial charge is 0.0409 e. The van der Waals surface area contributed by atoms with E-state index in [1.54, 1.807) is 0 Å². The summed E-state index contributed by atoms with van der Waals surface area (Å²) in [6.45, 7) is 11.4. The summed E-state index contributed by atoms with van der Waals surface area (Å²) >= 11 is 6.13. The molecule has 4 unspecified atom stereocenters. The SMILES string of the molecule is CCNC1CCN(C(C)c2cccc(Cl)c2)C(C)C1C. The highest BCUT2D eigenvalue weighted by Gasteiger charge is 2.34. The fraction of sp³-hybridized carbons (Fsp3) is 0.647. The van der Waals surface area contributed by atoms with Crippen LogP contribution in [0.5, 0.6) is 0 Å². The lowest BCUT2D eigenvalue weighted by atomic mass is 9.85. The highest BCUT2D eigenvalue weighted by molar-refractivity contribution is 6.30. The van der Waals surface area contributed by atoms with Gasteiger partial charge in [0.15, 0.2) is 0 Å². The molecule has 1 fully saturated rings. The van der Waals surface area contributed by atoms with Crippen LogP contribution in [0.3, 0.4) is 0 Å². The number of piperidine rings is 1. The van der Waals surface area contributed by atoms with Crippen molar-refractivity contribution in [1.82, 2.24) is 10.2 Å². The number of halogens is 1. The molecule has 0 radical (unpaired) electrons. The molecule has 2 nitrogen and oxygen atoms in total. The van der Waals surface area contributed by atoms with Gasteiger partial charge < -0.3 is 5.32 Å². The Balaban J connectivity index is 2.09. The first kappa shape index (κ1) is 15.8. The van der Waals surface area contributed by atoms with E-state index in [1.807, 2.05) is 12.1 Å². The van der Waals surface area contributed by atoms with Crippen LogP contribution in [0.2, 0.25) is 5.02 Å². The minimum Gasteiger partial charge on any atom is -0.314 e. The van der Waals surface area contributed by atoms with E-state index in [4.69, 9.17) is 11.6 Å². The number of rotatable bonds is 4. The van der Waals surface area contributed by atoms with E-state index < -0.39 is 0 Å². The van der Waals surface area contributed by atoms with Gasteiger partial charge in [-0.05, 0) is 50.4 Å². The Morgan fingerprint density at radius 3 is 2.80 bits per heavy atom. The maximum absolute atomic E-state index is 6.13. The number of likely N-dealkylation sites (tertiary alicyclic amines) is 1. The molecule has 3 heteroatoms. The third kappa shape index (κ3) is 3.36. The molecule has 0 amide bonds. The largest absolute Gasteiger partial charge is 0.314 e. The molecule has 0 saturated carbocycles. The van der Waals surface area contributed by atoms with Crippen LogP contribution in [0, 0.1) is 5.92 Å². The summed E-state index contributed by atoms with van der Waals surface area (Å²) in [5.74, 6) is 0.672. The Morgan fingerprint density at radius 2 is 2.15 bits per heavy atom. The predicted octanol–water partition coefficient (Wildman–Crippen LogP) is 4.11. The zero-order valence-electron chi connectivity index (χ0n) is 13.1. The van der Waals surface area contributed by atoms with E-state index >= 15 is 0 Å². The molecule has 0 aliphatic carbocycles. The molecule has 20 heavy (non-hydrogen) atoms. The zero-order valence-corrected chi connectivity index (χ0v) is 13.8. The lowest BCUT2D eigenvalue weighted by Gasteiger charge is -2.46. The van der Waals surface area contributed by atoms with E-state index in [1.165, 1.54) is 12.0 Å². The van der Waals surface area contributed by atoms with Crippen LogP contribution in [0.15, 0.2) is 24.3 Å². The number of nitrogens with zero attached hydrogens (tertiary/aromatic N) is 1. The van der Waals surface area contributed by atoms with Crippen molar-refractivity contribution in [1.29, 1.82) is 0 Å². The molecule has 1 heterocycles. The van der Waals surface area contributed by atoms with Crippen molar-refractivity contribution in [3.05, 3.63) is 34.9 Å². The van der Waals surface area contributed by atoms with E-state index in [0.29, 0.717) is 24.0 Å². The van der Waals surface area contributed by atoms with Gasteiger partial charge in [0.2, 0.25) is 0 Å². The van der Waals surface area contributed by atoms with Crippen molar-refractivity contribution in [2.45, 2.75) is 52.2 Å². The summed E-state index contributed by atoms with van der Waals surface area (Å²) in [6, 6.07) is 9.94. The van der Waals surface area contributed by atoms with Crippen LogP contribution >= 0.6 is 11.6 Å². The molecule has 4 atom stereocenters. The third-order valence-electron chi connectivity index (χ3n) is 4.91. The molecule has 112 valence electrons. The van der Waals surface area contributed by atoms with Crippen molar-refractivity contribution in [2.24, 2.45) is 5.92 Å².